The van der Waals surface area contributed by atoms with Gasteiger partial charge >= 0.3 is 0 Å². The lowest BCUT2D eigenvalue weighted by atomic mass is 9.96. The zero-order valence-electron chi connectivity index (χ0n) is 10.2. The minimum Gasteiger partial charge on any atom is -0.497 e. The lowest BCUT2D eigenvalue weighted by Crippen LogP contribution is -2.00. The predicted octanol–water partition coefficient (Wildman–Crippen LogP) is 3.13. The van der Waals surface area contributed by atoms with E-state index in [0.717, 1.165) is 11.3 Å². The van der Waals surface area contributed by atoms with Gasteiger partial charge in [-0.3, -0.25) is 0 Å². The number of rotatable bonds is 3. The first-order chi connectivity index (χ1) is 8.26. The van der Waals surface area contributed by atoms with Crippen LogP contribution in [0, 0.1) is 6.92 Å². The molecular formula is C15H17NO. The number of aryl methyl sites for hydroxylation is 1. The van der Waals surface area contributed by atoms with Crippen LogP contribution in [0.25, 0.3) is 11.1 Å². The quantitative estimate of drug-likeness (QED) is 0.874. The number of hydrogen-bond acceptors (Lipinski definition) is 2. The van der Waals surface area contributed by atoms with E-state index in [1.54, 1.807) is 7.11 Å². The van der Waals surface area contributed by atoms with Crippen molar-refractivity contribution in [3.8, 4) is 16.9 Å². The normalized spacial score (nSPS) is 10.3. The fourth-order valence-electron chi connectivity index (χ4n) is 2.00. The van der Waals surface area contributed by atoms with Gasteiger partial charge < -0.3 is 10.5 Å². The van der Waals surface area contributed by atoms with Gasteiger partial charge in [0.1, 0.15) is 5.75 Å². The van der Waals surface area contributed by atoms with Gasteiger partial charge in [0.2, 0.25) is 0 Å². The highest BCUT2D eigenvalue weighted by Crippen LogP contribution is 2.29. The molecule has 0 bridgehead atoms. The van der Waals surface area contributed by atoms with Crippen LogP contribution >= 0.6 is 0 Å². The minimum atomic E-state index is 0.515. The lowest BCUT2D eigenvalue weighted by Gasteiger charge is -2.12. The summed E-state index contributed by atoms with van der Waals surface area (Å²) in [6.07, 6.45) is 0. The Morgan fingerprint density at radius 2 is 1.82 bits per heavy atom. The maximum Gasteiger partial charge on any atom is 0.119 e. The number of nitrogens with two attached hydrogens (primary N) is 1. The molecule has 0 saturated heterocycles. The molecule has 2 aromatic rings. The fraction of sp³-hybridized carbons (Fsp3) is 0.200. The van der Waals surface area contributed by atoms with Crippen LogP contribution in [-0.4, -0.2) is 7.11 Å². The molecule has 0 spiro atoms. The number of benzene rings is 2. The van der Waals surface area contributed by atoms with Gasteiger partial charge in [-0.1, -0.05) is 30.3 Å². The Balaban J connectivity index is 2.56. The second-order valence-corrected chi connectivity index (χ2v) is 4.04. The first-order valence-electron chi connectivity index (χ1n) is 5.69. The van der Waals surface area contributed by atoms with Crippen LogP contribution in [-0.2, 0) is 6.54 Å². The topological polar surface area (TPSA) is 35.2 Å². The van der Waals surface area contributed by atoms with Gasteiger partial charge in [-0.05, 0) is 41.3 Å². The highest BCUT2D eigenvalue weighted by atomic mass is 16.5. The third kappa shape index (κ3) is 2.32. The van der Waals surface area contributed by atoms with Gasteiger partial charge in [0.05, 0.1) is 7.11 Å². The van der Waals surface area contributed by atoms with Gasteiger partial charge in [-0.2, -0.15) is 0 Å². The molecule has 17 heavy (non-hydrogen) atoms. The second-order valence-electron chi connectivity index (χ2n) is 4.04. The molecule has 2 aromatic carbocycles. The van der Waals surface area contributed by atoms with E-state index in [2.05, 4.69) is 25.1 Å². The molecule has 2 nitrogen and oxygen atoms in total. The van der Waals surface area contributed by atoms with Gasteiger partial charge in [-0.25, -0.2) is 0 Å². The van der Waals surface area contributed by atoms with Crippen LogP contribution in [0.1, 0.15) is 11.1 Å². The van der Waals surface area contributed by atoms with E-state index in [1.807, 2.05) is 24.3 Å². The Morgan fingerprint density at radius 3 is 2.47 bits per heavy atom. The molecule has 0 aliphatic rings. The zero-order valence-corrected chi connectivity index (χ0v) is 10.2. The first-order valence-corrected chi connectivity index (χ1v) is 5.69. The van der Waals surface area contributed by atoms with Crippen LogP contribution in [0.5, 0.6) is 5.75 Å². The third-order valence-electron chi connectivity index (χ3n) is 2.97. The molecule has 0 aromatic heterocycles. The highest BCUT2D eigenvalue weighted by molar-refractivity contribution is 5.71. The molecule has 0 aliphatic carbocycles. The molecule has 2 rings (SSSR count). The summed E-state index contributed by atoms with van der Waals surface area (Å²) in [6.45, 7) is 2.63. The average molecular weight is 227 g/mol. The largest absolute Gasteiger partial charge is 0.497 e. The Kier molecular flexibility index (Phi) is 3.45. The van der Waals surface area contributed by atoms with Crippen molar-refractivity contribution in [1.29, 1.82) is 0 Å². The highest BCUT2D eigenvalue weighted by Gasteiger charge is 2.07. The lowest BCUT2D eigenvalue weighted by molar-refractivity contribution is 0.414. The van der Waals surface area contributed by atoms with E-state index in [9.17, 15) is 0 Å². The van der Waals surface area contributed by atoms with Crippen LogP contribution < -0.4 is 10.5 Å². The Bertz CT molecular complexity index is 520. The summed E-state index contributed by atoms with van der Waals surface area (Å²) in [5.74, 6) is 0.850. The molecule has 0 amide bonds. The molecule has 0 radical (unpaired) electrons. The molecule has 0 atom stereocenters. The monoisotopic (exact) mass is 227 g/mol. The molecule has 2 heteroatoms. The SMILES string of the molecule is COc1ccc(-c2ccccc2C)c(CN)c1. The van der Waals surface area contributed by atoms with E-state index < -0.39 is 0 Å². The van der Waals surface area contributed by atoms with Crippen molar-refractivity contribution < 1.29 is 4.74 Å². The smallest absolute Gasteiger partial charge is 0.119 e. The molecule has 0 heterocycles. The van der Waals surface area contributed by atoms with Crippen molar-refractivity contribution in [2.24, 2.45) is 5.73 Å². The number of ether oxygens (including phenoxy) is 1. The maximum atomic E-state index is 5.81. The molecule has 88 valence electrons. The summed E-state index contributed by atoms with van der Waals surface area (Å²) >= 11 is 0. The Morgan fingerprint density at radius 1 is 1.06 bits per heavy atom. The Labute approximate surface area is 102 Å². The number of methoxy groups -OCH3 is 1. The zero-order chi connectivity index (χ0) is 12.3. The van der Waals surface area contributed by atoms with Crippen LogP contribution in [0.2, 0.25) is 0 Å². The van der Waals surface area contributed by atoms with Crippen molar-refractivity contribution >= 4 is 0 Å². The van der Waals surface area contributed by atoms with Crippen LogP contribution in [0.15, 0.2) is 42.5 Å². The summed E-state index contributed by atoms with van der Waals surface area (Å²) in [7, 11) is 1.67. The van der Waals surface area contributed by atoms with Crippen molar-refractivity contribution in [1.82, 2.24) is 0 Å². The summed E-state index contributed by atoms with van der Waals surface area (Å²) in [4.78, 5) is 0. The van der Waals surface area contributed by atoms with Gasteiger partial charge in [0, 0.05) is 6.54 Å². The molecule has 0 fully saturated rings. The first kappa shape index (κ1) is 11.7. The minimum absolute atomic E-state index is 0.515. The van der Waals surface area contributed by atoms with Crippen LogP contribution in [0.4, 0.5) is 0 Å². The standard InChI is InChI=1S/C15H17NO/c1-11-5-3-4-6-14(11)15-8-7-13(17-2)9-12(15)10-16/h3-9H,10,16H2,1-2H3. The molecule has 0 aliphatic heterocycles. The molecule has 0 unspecified atom stereocenters. The summed E-state index contributed by atoms with van der Waals surface area (Å²) in [6, 6.07) is 14.4. The van der Waals surface area contributed by atoms with E-state index in [4.69, 9.17) is 10.5 Å². The summed E-state index contributed by atoms with van der Waals surface area (Å²) in [5, 5.41) is 0. The van der Waals surface area contributed by atoms with E-state index in [-0.39, 0.29) is 0 Å². The average Bonchev–Trinajstić information content (AvgIpc) is 2.38. The van der Waals surface area contributed by atoms with Crippen molar-refractivity contribution in [3.05, 3.63) is 53.6 Å². The molecular weight excluding hydrogens is 210 g/mol. The maximum absolute atomic E-state index is 5.81. The van der Waals surface area contributed by atoms with Crippen molar-refractivity contribution in [2.75, 3.05) is 7.11 Å². The van der Waals surface area contributed by atoms with E-state index in [0.29, 0.717) is 6.54 Å². The number of hydrogen-bond donors (Lipinski definition) is 1. The van der Waals surface area contributed by atoms with Crippen molar-refractivity contribution in [2.45, 2.75) is 13.5 Å². The molecule has 2 N–H and O–H groups in total. The van der Waals surface area contributed by atoms with Crippen molar-refractivity contribution in [3.63, 3.8) is 0 Å². The summed E-state index contributed by atoms with van der Waals surface area (Å²) in [5.41, 5.74) is 10.6. The fourth-order valence-corrected chi connectivity index (χ4v) is 2.00. The predicted molar refractivity (Wildman–Crippen MR) is 71.1 cm³/mol. The van der Waals surface area contributed by atoms with Gasteiger partial charge in [0.15, 0.2) is 0 Å². The summed E-state index contributed by atoms with van der Waals surface area (Å²) < 4.78 is 5.22. The third-order valence-corrected chi connectivity index (χ3v) is 2.97. The van der Waals surface area contributed by atoms with Gasteiger partial charge in [-0.15, -0.1) is 0 Å². The van der Waals surface area contributed by atoms with Gasteiger partial charge in [0.25, 0.3) is 0 Å². The molecule has 0 saturated carbocycles. The second kappa shape index (κ2) is 5.02. The van der Waals surface area contributed by atoms with Crippen LogP contribution in [0.3, 0.4) is 0 Å². The van der Waals surface area contributed by atoms with E-state index in [1.165, 1.54) is 16.7 Å². The van der Waals surface area contributed by atoms with E-state index >= 15 is 0 Å². The Hall–Kier alpha value is -1.80.